The number of likely N-dealkylation sites (N-methyl/N-ethyl adjacent to an activating group) is 1. The van der Waals surface area contributed by atoms with Crippen molar-refractivity contribution in [3.63, 3.8) is 0 Å². The quantitative estimate of drug-likeness (QED) is 0.895. The van der Waals surface area contributed by atoms with Crippen LogP contribution in [-0.4, -0.2) is 26.3 Å². The van der Waals surface area contributed by atoms with Crippen molar-refractivity contribution in [2.45, 2.75) is 19.4 Å². The van der Waals surface area contributed by atoms with Crippen LogP contribution in [0.2, 0.25) is 5.02 Å². The van der Waals surface area contributed by atoms with E-state index in [1.54, 1.807) is 17.2 Å². The third-order valence-electron chi connectivity index (χ3n) is 2.75. The van der Waals surface area contributed by atoms with Gasteiger partial charge in [0.1, 0.15) is 12.2 Å². The first-order valence-corrected chi connectivity index (χ1v) is 6.26. The fraction of sp³-hybridized carbons (Fsp3) is 0.417. The number of aromatic nitrogens is 4. The molecule has 0 aliphatic heterocycles. The lowest BCUT2D eigenvalue weighted by Crippen LogP contribution is -2.25. The zero-order valence-electron chi connectivity index (χ0n) is 10.5. The molecule has 0 aliphatic rings. The standard InChI is InChI=1S/C12H16ClN5/c1-3-14-11(6-12-16-8-17-18(12)2)10-5-4-9(13)7-15-10/h4-5,7-8,11,14H,3,6H2,1-2H3. The van der Waals surface area contributed by atoms with Gasteiger partial charge in [0.2, 0.25) is 0 Å². The van der Waals surface area contributed by atoms with E-state index in [9.17, 15) is 0 Å². The maximum absolute atomic E-state index is 5.85. The van der Waals surface area contributed by atoms with Gasteiger partial charge in [-0.1, -0.05) is 18.5 Å². The molecule has 1 unspecified atom stereocenters. The molecule has 18 heavy (non-hydrogen) atoms. The molecule has 2 aromatic rings. The van der Waals surface area contributed by atoms with Gasteiger partial charge < -0.3 is 5.32 Å². The summed E-state index contributed by atoms with van der Waals surface area (Å²) >= 11 is 5.85. The van der Waals surface area contributed by atoms with Gasteiger partial charge in [-0.25, -0.2) is 4.98 Å². The van der Waals surface area contributed by atoms with Crippen LogP contribution < -0.4 is 5.32 Å². The first-order chi connectivity index (χ1) is 8.70. The van der Waals surface area contributed by atoms with Crippen LogP contribution in [0.3, 0.4) is 0 Å². The van der Waals surface area contributed by atoms with Crippen LogP contribution in [0, 0.1) is 0 Å². The molecule has 0 radical (unpaired) electrons. The molecule has 0 aliphatic carbocycles. The van der Waals surface area contributed by atoms with Crippen molar-refractivity contribution < 1.29 is 0 Å². The predicted molar refractivity (Wildman–Crippen MR) is 70.4 cm³/mol. The van der Waals surface area contributed by atoms with Crippen LogP contribution in [0.15, 0.2) is 24.7 Å². The molecule has 0 bridgehead atoms. The first kappa shape index (κ1) is 13.0. The molecule has 0 aromatic carbocycles. The van der Waals surface area contributed by atoms with E-state index in [1.165, 1.54) is 0 Å². The van der Waals surface area contributed by atoms with Crippen molar-refractivity contribution in [1.82, 2.24) is 25.1 Å². The summed E-state index contributed by atoms with van der Waals surface area (Å²) in [5.41, 5.74) is 0.962. The molecule has 0 amide bonds. The minimum absolute atomic E-state index is 0.121. The smallest absolute Gasteiger partial charge is 0.138 e. The third kappa shape index (κ3) is 3.05. The van der Waals surface area contributed by atoms with E-state index in [-0.39, 0.29) is 6.04 Å². The summed E-state index contributed by atoms with van der Waals surface area (Å²) in [4.78, 5) is 8.59. The highest BCUT2D eigenvalue weighted by atomic mass is 35.5. The SMILES string of the molecule is CCNC(Cc1ncnn1C)c1ccc(Cl)cn1. The maximum Gasteiger partial charge on any atom is 0.138 e. The highest BCUT2D eigenvalue weighted by Gasteiger charge is 2.15. The summed E-state index contributed by atoms with van der Waals surface area (Å²) in [5.74, 6) is 0.928. The molecular formula is C12H16ClN5. The molecule has 2 aromatic heterocycles. The second kappa shape index (κ2) is 5.93. The molecule has 1 N–H and O–H groups in total. The van der Waals surface area contributed by atoms with Gasteiger partial charge in [0.15, 0.2) is 0 Å². The van der Waals surface area contributed by atoms with Crippen LogP contribution in [0.4, 0.5) is 0 Å². The molecule has 2 rings (SSSR count). The fourth-order valence-corrected chi connectivity index (χ4v) is 1.92. The number of aryl methyl sites for hydroxylation is 1. The van der Waals surface area contributed by atoms with Gasteiger partial charge in [0, 0.05) is 19.7 Å². The fourth-order valence-electron chi connectivity index (χ4n) is 1.81. The molecule has 0 saturated heterocycles. The predicted octanol–water partition coefficient (Wildman–Crippen LogP) is 1.76. The van der Waals surface area contributed by atoms with Gasteiger partial charge in [0.25, 0.3) is 0 Å². The van der Waals surface area contributed by atoms with E-state index < -0.39 is 0 Å². The van der Waals surface area contributed by atoms with Crippen LogP contribution in [0.5, 0.6) is 0 Å². The third-order valence-corrected chi connectivity index (χ3v) is 2.97. The number of nitrogens with one attached hydrogen (secondary N) is 1. The Hall–Kier alpha value is -1.46. The highest BCUT2D eigenvalue weighted by Crippen LogP contribution is 2.16. The van der Waals surface area contributed by atoms with E-state index in [4.69, 9.17) is 11.6 Å². The van der Waals surface area contributed by atoms with Crippen LogP contribution in [-0.2, 0) is 13.5 Å². The zero-order valence-corrected chi connectivity index (χ0v) is 11.2. The number of pyridine rings is 1. The van der Waals surface area contributed by atoms with Gasteiger partial charge >= 0.3 is 0 Å². The Bertz CT molecular complexity index is 493. The Morgan fingerprint density at radius 3 is 2.78 bits per heavy atom. The molecule has 0 saturated carbocycles. The Labute approximate surface area is 111 Å². The van der Waals surface area contributed by atoms with Crippen LogP contribution in [0.1, 0.15) is 24.5 Å². The molecule has 96 valence electrons. The first-order valence-electron chi connectivity index (χ1n) is 5.88. The van der Waals surface area contributed by atoms with Crippen molar-refractivity contribution in [3.05, 3.63) is 41.2 Å². The average Bonchev–Trinajstić information content (AvgIpc) is 2.76. The molecule has 0 fully saturated rings. The van der Waals surface area contributed by atoms with Crippen molar-refractivity contribution in [2.75, 3.05) is 6.54 Å². The average molecular weight is 266 g/mol. The maximum atomic E-state index is 5.85. The molecule has 6 heteroatoms. The normalized spacial score (nSPS) is 12.6. The highest BCUT2D eigenvalue weighted by molar-refractivity contribution is 6.30. The van der Waals surface area contributed by atoms with Crippen molar-refractivity contribution in [1.29, 1.82) is 0 Å². The van der Waals surface area contributed by atoms with E-state index in [1.807, 2.05) is 19.2 Å². The number of halogens is 1. The summed E-state index contributed by atoms with van der Waals surface area (Å²) < 4.78 is 1.78. The number of rotatable bonds is 5. The van der Waals surface area contributed by atoms with Crippen LogP contribution in [0.25, 0.3) is 0 Å². The molecule has 5 nitrogen and oxygen atoms in total. The Kier molecular flexibility index (Phi) is 4.28. The minimum Gasteiger partial charge on any atom is -0.309 e. The largest absolute Gasteiger partial charge is 0.309 e. The summed E-state index contributed by atoms with van der Waals surface area (Å²) in [6, 6.07) is 3.91. The molecule has 0 spiro atoms. The van der Waals surface area contributed by atoms with Gasteiger partial charge in [-0.15, -0.1) is 0 Å². The van der Waals surface area contributed by atoms with E-state index in [2.05, 4.69) is 27.3 Å². The second-order valence-electron chi connectivity index (χ2n) is 4.02. The Morgan fingerprint density at radius 1 is 1.39 bits per heavy atom. The van der Waals surface area contributed by atoms with Crippen molar-refractivity contribution in [3.8, 4) is 0 Å². The number of hydrogen-bond donors (Lipinski definition) is 1. The summed E-state index contributed by atoms with van der Waals surface area (Å²) in [7, 11) is 1.89. The summed E-state index contributed by atoms with van der Waals surface area (Å²) in [5, 5.41) is 8.12. The van der Waals surface area contributed by atoms with Gasteiger partial charge in [-0.05, 0) is 18.7 Å². The van der Waals surface area contributed by atoms with E-state index in [0.29, 0.717) is 5.02 Å². The van der Waals surface area contributed by atoms with Gasteiger partial charge in [-0.3, -0.25) is 9.67 Å². The van der Waals surface area contributed by atoms with Crippen molar-refractivity contribution in [2.24, 2.45) is 7.05 Å². The van der Waals surface area contributed by atoms with E-state index in [0.717, 1.165) is 24.5 Å². The Balaban J connectivity index is 2.18. The van der Waals surface area contributed by atoms with Crippen molar-refractivity contribution >= 4 is 11.6 Å². The van der Waals surface area contributed by atoms with Crippen LogP contribution >= 0.6 is 11.6 Å². The molecule has 1 atom stereocenters. The van der Waals surface area contributed by atoms with Gasteiger partial charge in [0.05, 0.1) is 16.8 Å². The lowest BCUT2D eigenvalue weighted by molar-refractivity contribution is 0.511. The topological polar surface area (TPSA) is 55.6 Å². The molecular weight excluding hydrogens is 250 g/mol. The number of hydrogen-bond acceptors (Lipinski definition) is 4. The van der Waals surface area contributed by atoms with E-state index >= 15 is 0 Å². The number of nitrogens with zero attached hydrogens (tertiary/aromatic N) is 4. The lowest BCUT2D eigenvalue weighted by Gasteiger charge is -2.16. The van der Waals surface area contributed by atoms with Gasteiger partial charge in [-0.2, -0.15) is 5.10 Å². The lowest BCUT2D eigenvalue weighted by atomic mass is 10.1. The minimum atomic E-state index is 0.121. The molecule has 2 heterocycles. The summed E-state index contributed by atoms with van der Waals surface area (Å²) in [6.07, 6.45) is 3.98. The summed E-state index contributed by atoms with van der Waals surface area (Å²) in [6.45, 7) is 2.94. The Morgan fingerprint density at radius 2 is 2.22 bits per heavy atom. The second-order valence-corrected chi connectivity index (χ2v) is 4.45. The monoisotopic (exact) mass is 265 g/mol. The zero-order chi connectivity index (χ0) is 13.0.